The van der Waals surface area contributed by atoms with Crippen molar-refractivity contribution in [1.29, 1.82) is 0 Å². The third kappa shape index (κ3) is 12.6. The van der Waals surface area contributed by atoms with Gasteiger partial charge in [-0.15, -0.1) is 5.11 Å². The quantitative estimate of drug-likeness (QED) is 0.171. The van der Waals surface area contributed by atoms with Gasteiger partial charge in [-0.25, -0.2) is 0 Å². The van der Waals surface area contributed by atoms with Crippen LogP contribution in [0.15, 0.2) is 40.7 Å². The Morgan fingerprint density at radius 2 is 1.12 bits per heavy atom. The Bertz CT molecular complexity index is 401. The highest BCUT2D eigenvalue weighted by atomic mass is 15.5. The van der Waals surface area contributed by atoms with Gasteiger partial charge in [-0.1, -0.05) is 101 Å². The average molecular weight is 346 g/mol. The molecular weight excluding hydrogens is 306 g/mol. The molecule has 25 heavy (non-hydrogen) atoms. The summed E-state index contributed by atoms with van der Waals surface area (Å²) in [6, 6.07) is 10.1. The van der Waals surface area contributed by atoms with Crippen LogP contribution in [0, 0.1) is 0 Å². The Kier molecular flexibility index (Phi) is 14.0. The van der Waals surface area contributed by atoms with Gasteiger partial charge in [0.2, 0.25) is 0 Å². The molecule has 0 spiro atoms. The number of benzene rings is 1. The Morgan fingerprint density at radius 3 is 1.64 bits per heavy atom. The average Bonchev–Trinajstić information content (AvgIpc) is 2.65. The first-order chi connectivity index (χ1) is 12.4. The molecule has 1 rings (SSSR count). The van der Waals surface area contributed by atoms with Gasteiger partial charge >= 0.3 is 0 Å². The molecule has 1 aromatic carbocycles. The van der Waals surface area contributed by atoms with Gasteiger partial charge in [0.05, 0.1) is 5.69 Å². The van der Waals surface area contributed by atoms with Crippen molar-refractivity contribution in [2.45, 2.75) is 90.9 Å². The molecule has 0 heterocycles. The van der Waals surface area contributed by atoms with E-state index in [4.69, 9.17) is 0 Å². The second-order valence-corrected chi connectivity index (χ2v) is 7.01. The number of rotatable bonds is 16. The first-order valence-corrected chi connectivity index (χ1v) is 10.6. The number of hydrogen-bond acceptors (Lipinski definition) is 2. The number of hydrogen-bond donors (Lipinski definition) is 0. The summed E-state index contributed by atoms with van der Waals surface area (Å²) in [5, 5.41) is 11.1. The fourth-order valence-corrected chi connectivity index (χ4v) is 2.96. The molecule has 0 amide bonds. The maximum absolute atomic E-state index is 4.52. The lowest BCUT2D eigenvalue weighted by Crippen LogP contribution is -2.19. The predicted octanol–water partition coefficient (Wildman–Crippen LogP) is 7.71. The molecule has 0 bridgehead atoms. The Balaban J connectivity index is 2.31. The highest BCUT2D eigenvalue weighted by Gasteiger charge is 2.02. The van der Waals surface area contributed by atoms with E-state index in [1.165, 1.54) is 77.0 Å². The SMILES string of the molecule is CCCCCCCCN(CCCCCCCC)N=Nc1ccccc1. The van der Waals surface area contributed by atoms with Gasteiger partial charge in [-0.05, 0) is 25.0 Å². The van der Waals surface area contributed by atoms with Gasteiger partial charge in [0.15, 0.2) is 0 Å². The Labute approximate surface area is 155 Å². The van der Waals surface area contributed by atoms with Crippen LogP contribution >= 0.6 is 0 Å². The van der Waals surface area contributed by atoms with Crippen molar-refractivity contribution < 1.29 is 0 Å². The molecule has 142 valence electrons. The van der Waals surface area contributed by atoms with Gasteiger partial charge in [-0.3, -0.25) is 5.01 Å². The Hall–Kier alpha value is -1.38. The summed E-state index contributed by atoms with van der Waals surface area (Å²) in [5.74, 6) is 0. The van der Waals surface area contributed by atoms with E-state index in [1.807, 2.05) is 30.3 Å². The maximum atomic E-state index is 4.52. The van der Waals surface area contributed by atoms with E-state index in [-0.39, 0.29) is 0 Å². The molecule has 0 saturated heterocycles. The third-order valence-electron chi connectivity index (χ3n) is 4.58. The van der Waals surface area contributed by atoms with E-state index < -0.39 is 0 Å². The molecule has 0 aromatic heterocycles. The molecule has 1 aromatic rings. The summed E-state index contributed by atoms with van der Waals surface area (Å²) < 4.78 is 0. The second-order valence-electron chi connectivity index (χ2n) is 7.01. The van der Waals surface area contributed by atoms with Crippen LogP contribution in [0.5, 0.6) is 0 Å². The number of nitrogens with zero attached hydrogens (tertiary/aromatic N) is 3. The fraction of sp³-hybridized carbons (Fsp3) is 0.727. The second kappa shape index (κ2) is 16.1. The minimum Gasteiger partial charge on any atom is -0.278 e. The zero-order valence-corrected chi connectivity index (χ0v) is 16.6. The van der Waals surface area contributed by atoms with Crippen molar-refractivity contribution in [3.05, 3.63) is 30.3 Å². The van der Waals surface area contributed by atoms with Crippen LogP contribution in [-0.4, -0.2) is 18.1 Å². The smallest absolute Gasteiger partial charge is 0.0874 e. The van der Waals surface area contributed by atoms with E-state index >= 15 is 0 Å². The molecular formula is C22H39N3. The van der Waals surface area contributed by atoms with Crippen molar-refractivity contribution in [3.8, 4) is 0 Å². The van der Waals surface area contributed by atoms with E-state index in [1.54, 1.807) is 0 Å². The Morgan fingerprint density at radius 1 is 0.640 bits per heavy atom. The summed E-state index contributed by atoms with van der Waals surface area (Å²) in [5.41, 5.74) is 0.943. The molecule has 0 N–H and O–H groups in total. The van der Waals surface area contributed by atoms with E-state index in [9.17, 15) is 0 Å². The summed E-state index contributed by atoms with van der Waals surface area (Å²) >= 11 is 0. The van der Waals surface area contributed by atoms with E-state index in [0.29, 0.717) is 0 Å². The lowest BCUT2D eigenvalue weighted by Gasteiger charge is -2.17. The zero-order chi connectivity index (χ0) is 18.0. The minimum absolute atomic E-state index is 0.943. The molecule has 0 aliphatic rings. The fourth-order valence-electron chi connectivity index (χ4n) is 2.96. The molecule has 0 aliphatic carbocycles. The first-order valence-electron chi connectivity index (χ1n) is 10.6. The van der Waals surface area contributed by atoms with Crippen molar-refractivity contribution in [3.63, 3.8) is 0 Å². The van der Waals surface area contributed by atoms with Crippen LogP contribution in [0.25, 0.3) is 0 Å². The summed E-state index contributed by atoms with van der Waals surface area (Å²) in [7, 11) is 0. The van der Waals surface area contributed by atoms with Gasteiger partial charge in [0.25, 0.3) is 0 Å². The molecule has 0 saturated carbocycles. The molecule has 0 unspecified atom stereocenters. The van der Waals surface area contributed by atoms with Gasteiger partial charge in [0.1, 0.15) is 0 Å². The van der Waals surface area contributed by atoms with Crippen LogP contribution in [0.2, 0.25) is 0 Å². The minimum atomic E-state index is 0.943. The van der Waals surface area contributed by atoms with Crippen LogP contribution in [0.3, 0.4) is 0 Å². The molecule has 0 aliphatic heterocycles. The van der Waals surface area contributed by atoms with Crippen LogP contribution in [-0.2, 0) is 0 Å². The third-order valence-corrected chi connectivity index (χ3v) is 4.58. The van der Waals surface area contributed by atoms with Crippen molar-refractivity contribution in [1.82, 2.24) is 5.01 Å². The highest BCUT2D eigenvalue weighted by molar-refractivity contribution is 5.34. The van der Waals surface area contributed by atoms with Gasteiger partial charge < -0.3 is 0 Å². The van der Waals surface area contributed by atoms with Crippen LogP contribution in [0.4, 0.5) is 5.69 Å². The summed E-state index contributed by atoms with van der Waals surface area (Å²) in [4.78, 5) is 0. The van der Waals surface area contributed by atoms with Crippen LogP contribution in [0.1, 0.15) is 90.9 Å². The normalized spacial score (nSPS) is 11.3. The van der Waals surface area contributed by atoms with Crippen molar-refractivity contribution >= 4 is 5.69 Å². The molecule has 0 radical (unpaired) electrons. The molecule has 0 atom stereocenters. The maximum Gasteiger partial charge on any atom is 0.0874 e. The van der Waals surface area contributed by atoms with Crippen LogP contribution < -0.4 is 0 Å². The van der Waals surface area contributed by atoms with Gasteiger partial charge in [0, 0.05) is 13.1 Å². The highest BCUT2D eigenvalue weighted by Crippen LogP contribution is 2.13. The zero-order valence-electron chi connectivity index (χ0n) is 16.6. The topological polar surface area (TPSA) is 28.0 Å². The lowest BCUT2D eigenvalue weighted by molar-refractivity contribution is 0.256. The predicted molar refractivity (Wildman–Crippen MR) is 109 cm³/mol. The standard InChI is InChI=1S/C22H39N3/c1-3-5-7-9-11-16-20-25(21-17-12-10-8-6-4-2)24-23-22-18-14-13-15-19-22/h13-15,18-19H,3-12,16-17,20-21H2,1-2H3. The van der Waals surface area contributed by atoms with E-state index in [0.717, 1.165) is 18.8 Å². The molecule has 3 heteroatoms. The first kappa shape index (κ1) is 21.7. The van der Waals surface area contributed by atoms with E-state index in [2.05, 4.69) is 29.2 Å². The lowest BCUT2D eigenvalue weighted by atomic mass is 10.1. The van der Waals surface area contributed by atoms with Crippen molar-refractivity contribution in [2.75, 3.05) is 13.1 Å². The number of unbranched alkanes of at least 4 members (excludes halogenated alkanes) is 10. The largest absolute Gasteiger partial charge is 0.278 e. The van der Waals surface area contributed by atoms with Gasteiger partial charge in [-0.2, -0.15) is 0 Å². The molecule has 0 fully saturated rings. The monoisotopic (exact) mass is 345 g/mol. The summed E-state index contributed by atoms with van der Waals surface area (Å²) in [6.07, 6.45) is 15.9. The summed E-state index contributed by atoms with van der Waals surface area (Å²) in [6.45, 7) is 6.62. The molecule has 3 nitrogen and oxygen atoms in total. The van der Waals surface area contributed by atoms with Crippen molar-refractivity contribution in [2.24, 2.45) is 10.3 Å².